The quantitative estimate of drug-likeness (QED) is 0.503. The second kappa shape index (κ2) is 9.72. The van der Waals surface area contributed by atoms with Crippen LogP contribution in [0.2, 0.25) is 0 Å². The molecule has 0 heterocycles. The van der Waals surface area contributed by atoms with E-state index in [0.717, 1.165) is 56.9 Å². The van der Waals surface area contributed by atoms with Crippen LogP contribution in [0.1, 0.15) is 85.0 Å². The van der Waals surface area contributed by atoms with E-state index >= 15 is 0 Å². The SMILES string of the molecule is C=C1/C(=C\C=C2/CCC[C@]3(C=O)[C@@H]([C@H](C)CCCC(C)(C)O)CC[C@@H]23)C[C@@H](O)C[C@@H]1O. The Hall–Kier alpha value is -1.23. The number of hydrogen-bond acceptors (Lipinski definition) is 4. The molecule has 6 atom stereocenters. The molecule has 0 bridgehead atoms. The molecule has 3 N–H and O–H groups in total. The Labute approximate surface area is 188 Å². The van der Waals surface area contributed by atoms with E-state index in [9.17, 15) is 20.1 Å². The van der Waals surface area contributed by atoms with E-state index in [2.05, 4.69) is 19.6 Å². The summed E-state index contributed by atoms with van der Waals surface area (Å²) < 4.78 is 0. The first-order valence-electron chi connectivity index (χ1n) is 12.2. The first-order valence-corrected chi connectivity index (χ1v) is 12.2. The van der Waals surface area contributed by atoms with Gasteiger partial charge in [0.15, 0.2) is 0 Å². The molecule has 0 unspecified atom stereocenters. The lowest BCUT2D eigenvalue weighted by Gasteiger charge is -2.43. The molecule has 3 fully saturated rings. The summed E-state index contributed by atoms with van der Waals surface area (Å²) in [5, 5.41) is 30.2. The molecule has 3 rings (SSSR count). The summed E-state index contributed by atoms with van der Waals surface area (Å²) in [6, 6.07) is 0. The Kier molecular flexibility index (Phi) is 7.66. The van der Waals surface area contributed by atoms with Gasteiger partial charge in [0, 0.05) is 11.8 Å². The number of aldehydes is 1. The van der Waals surface area contributed by atoms with Gasteiger partial charge in [-0.15, -0.1) is 0 Å². The van der Waals surface area contributed by atoms with Crippen molar-refractivity contribution < 1.29 is 20.1 Å². The normalized spacial score (nSPS) is 37.8. The van der Waals surface area contributed by atoms with Crippen molar-refractivity contribution in [2.75, 3.05) is 0 Å². The molecule has 0 aliphatic heterocycles. The Bertz CT molecular complexity index is 728. The predicted octanol–water partition coefficient (Wildman–Crippen LogP) is 4.88. The molecular weight excluding hydrogens is 388 g/mol. The lowest BCUT2D eigenvalue weighted by molar-refractivity contribution is -0.122. The highest BCUT2D eigenvalue weighted by Gasteiger charge is 2.53. The fraction of sp³-hybridized carbons (Fsp3) is 0.741. The number of aliphatic hydroxyl groups is 3. The minimum Gasteiger partial charge on any atom is -0.393 e. The summed E-state index contributed by atoms with van der Waals surface area (Å²) in [4.78, 5) is 12.5. The van der Waals surface area contributed by atoms with E-state index in [4.69, 9.17) is 0 Å². The second-order valence-corrected chi connectivity index (χ2v) is 11.1. The summed E-state index contributed by atoms with van der Waals surface area (Å²) in [7, 11) is 0. The van der Waals surface area contributed by atoms with Crippen molar-refractivity contribution in [3.05, 3.63) is 35.5 Å². The van der Waals surface area contributed by atoms with Gasteiger partial charge in [-0.2, -0.15) is 0 Å². The average Bonchev–Trinajstić information content (AvgIpc) is 3.09. The van der Waals surface area contributed by atoms with Gasteiger partial charge in [0.25, 0.3) is 0 Å². The van der Waals surface area contributed by atoms with Crippen LogP contribution in [0.15, 0.2) is 35.5 Å². The van der Waals surface area contributed by atoms with Crippen LogP contribution in [0, 0.1) is 23.2 Å². The van der Waals surface area contributed by atoms with Crippen LogP contribution in [-0.4, -0.2) is 39.4 Å². The van der Waals surface area contributed by atoms with E-state index in [1.807, 2.05) is 19.9 Å². The third-order valence-electron chi connectivity index (χ3n) is 8.25. The standard InChI is InChI=1S/C27H42O4/c1-18(7-5-13-26(3,4)31)23-11-12-24-20(8-6-14-27(23,24)17-28)9-10-21-15-22(29)16-25(30)19(21)2/h9-10,17-18,22-25,29-31H,2,5-8,11-16H2,1,3-4H3/b20-9+,21-10-/t18-,22-,23-,24+,25+,27+/m1/s1. The predicted molar refractivity (Wildman–Crippen MR) is 124 cm³/mol. The van der Waals surface area contributed by atoms with Gasteiger partial charge >= 0.3 is 0 Å². The summed E-state index contributed by atoms with van der Waals surface area (Å²) in [6.45, 7) is 10.0. The van der Waals surface area contributed by atoms with Crippen LogP contribution in [0.5, 0.6) is 0 Å². The molecule has 31 heavy (non-hydrogen) atoms. The third kappa shape index (κ3) is 5.40. The van der Waals surface area contributed by atoms with Crippen molar-refractivity contribution in [2.45, 2.75) is 103 Å². The van der Waals surface area contributed by atoms with Gasteiger partial charge in [0.2, 0.25) is 0 Å². The van der Waals surface area contributed by atoms with Crippen molar-refractivity contribution in [1.82, 2.24) is 0 Å². The summed E-state index contributed by atoms with van der Waals surface area (Å²) in [6.07, 6.45) is 13.2. The molecule has 0 aromatic carbocycles. The van der Waals surface area contributed by atoms with Crippen molar-refractivity contribution in [3.8, 4) is 0 Å². The number of aliphatic hydroxyl groups excluding tert-OH is 2. The van der Waals surface area contributed by atoms with Crippen LogP contribution in [0.3, 0.4) is 0 Å². The van der Waals surface area contributed by atoms with Gasteiger partial charge in [-0.25, -0.2) is 0 Å². The van der Waals surface area contributed by atoms with E-state index in [1.165, 1.54) is 11.9 Å². The van der Waals surface area contributed by atoms with Crippen molar-refractivity contribution in [1.29, 1.82) is 0 Å². The minimum atomic E-state index is -0.672. The Morgan fingerprint density at radius 1 is 1.26 bits per heavy atom. The number of carbonyl (C=O) groups excluding carboxylic acids is 1. The molecule has 174 valence electrons. The Morgan fingerprint density at radius 3 is 2.68 bits per heavy atom. The van der Waals surface area contributed by atoms with Gasteiger partial charge < -0.3 is 20.1 Å². The topological polar surface area (TPSA) is 77.8 Å². The lowest BCUT2D eigenvalue weighted by Crippen LogP contribution is -2.40. The van der Waals surface area contributed by atoms with E-state index in [1.54, 1.807) is 0 Å². The number of allylic oxidation sites excluding steroid dienone is 3. The van der Waals surface area contributed by atoms with Gasteiger partial charge in [0.1, 0.15) is 6.29 Å². The zero-order valence-corrected chi connectivity index (χ0v) is 19.6. The molecule has 0 amide bonds. The molecule has 3 saturated carbocycles. The maximum absolute atomic E-state index is 12.5. The summed E-state index contributed by atoms with van der Waals surface area (Å²) >= 11 is 0. The molecular formula is C27H42O4. The zero-order valence-electron chi connectivity index (χ0n) is 19.6. The maximum atomic E-state index is 12.5. The first-order chi connectivity index (χ1) is 14.6. The second-order valence-electron chi connectivity index (χ2n) is 11.1. The molecule has 0 radical (unpaired) electrons. The van der Waals surface area contributed by atoms with Crippen molar-refractivity contribution >= 4 is 6.29 Å². The fourth-order valence-corrected chi connectivity index (χ4v) is 6.57. The molecule has 0 saturated heterocycles. The van der Waals surface area contributed by atoms with Gasteiger partial charge in [0.05, 0.1) is 17.8 Å². The smallest absolute Gasteiger partial charge is 0.127 e. The molecule has 0 spiro atoms. The largest absolute Gasteiger partial charge is 0.393 e. The molecule has 0 aromatic heterocycles. The van der Waals surface area contributed by atoms with E-state index in [0.29, 0.717) is 36.2 Å². The molecule has 3 aliphatic rings. The van der Waals surface area contributed by atoms with Gasteiger partial charge in [-0.05, 0) is 87.7 Å². The summed E-state index contributed by atoms with van der Waals surface area (Å²) in [5.74, 6) is 1.17. The van der Waals surface area contributed by atoms with Crippen LogP contribution in [0.4, 0.5) is 0 Å². The molecule has 3 aliphatic carbocycles. The van der Waals surface area contributed by atoms with E-state index < -0.39 is 17.8 Å². The number of hydrogen-bond donors (Lipinski definition) is 3. The monoisotopic (exact) mass is 430 g/mol. The van der Waals surface area contributed by atoms with E-state index in [-0.39, 0.29) is 5.41 Å². The highest BCUT2D eigenvalue weighted by atomic mass is 16.3. The number of fused-ring (bicyclic) bond motifs is 1. The first kappa shape index (κ1) is 24.4. The summed E-state index contributed by atoms with van der Waals surface area (Å²) in [5.41, 5.74) is 2.09. The maximum Gasteiger partial charge on any atom is 0.127 e. The van der Waals surface area contributed by atoms with Gasteiger partial charge in [-0.3, -0.25) is 0 Å². The number of rotatable bonds is 7. The van der Waals surface area contributed by atoms with Crippen molar-refractivity contribution in [2.24, 2.45) is 23.2 Å². The van der Waals surface area contributed by atoms with Crippen LogP contribution in [0.25, 0.3) is 0 Å². The Morgan fingerprint density at radius 2 is 2.00 bits per heavy atom. The minimum absolute atomic E-state index is 0.265. The van der Waals surface area contributed by atoms with Crippen LogP contribution < -0.4 is 0 Å². The van der Waals surface area contributed by atoms with Crippen LogP contribution in [-0.2, 0) is 4.79 Å². The van der Waals surface area contributed by atoms with Gasteiger partial charge in [-0.1, -0.05) is 44.1 Å². The number of carbonyl (C=O) groups is 1. The fourth-order valence-electron chi connectivity index (χ4n) is 6.57. The highest BCUT2D eigenvalue weighted by molar-refractivity contribution is 5.63. The van der Waals surface area contributed by atoms with Crippen LogP contribution >= 0.6 is 0 Å². The zero-order chi connectivity index (χ0) is 22.8. The molecule has 0 aromatic rings. The van der Waals surface area contributed by atoms with Crippen molar-refractivity contribution in [3.63, 3.8) is 0 Å². The Balaban J connectivity index is 1.76. The average molecular weight is 431 g/mol. The molecule has 4 nitrogen and oxygen atoms in total. The molecule has 4 heteroatoms. The third-order valence-corrected chi connectivity index (χ3v) is 8.25. The highest BCUT2D eigenvalue weighted by Crippen LogP contribution is 2.59. The lowest BCUT2D eigenvalue weighted by atomic mass is 9.60.